The lowest BCUT2D eigenvalue weighted by Gasteiger charge is -2.17. The van der Waals surface area contributed by atoms with Crippen molar-refractivity contribution in [1.82, 2.24) is 19.5 Å². The van der Waals surface area contributed by atoms with Gasteiger partial charge in [0.1, 0.15) is 24.8 Å². The maximum atomic E-state index is 12.1. The molecule has 1 aliphatic rings. The smallest absolute Gasteiger partial charge is 0.280 e. The summed E-state index contributed by atoms with van der Waals surface area (Å²) in [6, 6.07) is 0. The number of hydrogen-bond donors (Lipinski definition) is 4. The van der Waals surface area contributed by atoms with Gasteiger partial charge in [0.15, 0.2) is 11.2 Å². The minimum atomic E-state index is -1.03. The summed E-state index contributed by atoms with van der Waals surface area (Å²) in [6.45, 7) is 3.06. The second-order valence-electron chi connectivity index (χ2n) is 5.67. The Morgan fingerprint density at radius 1 is 1.54 bits per heavy atom. The highest BCUT2D eigenvalue weighted by atomic mass is 16.5. The van der Waals surface area contributed by atoms with Crippen LogP contribution in [-0.4, -0.2) is 48.4 Å². The number of imidazole rings is 1. The van der Waals surface area contributed by atoms with E-state index in [0.29, 0.717) is 0 Å². The Kier molecular flexibility index (Phi) is 4.08. The Hall–Kier alpha value is -2.72. The topological polar surface area (TPSA) is 142 Å². The first kappa shape index (κ1) is 16.1. The number of ether oxygens (including phenoxy) is 1. The zero-order chi connectivity index (χ0) is 17.4. The van der Waals surface area contributed by atoms with Crippen molar-refractivity contribution in [3.05, 3.63) is 28.5 Å². The molecule has 3 rings (SSSR count). The van der Waals surface area contributed by atoms with Crippen molar-refractivity contribution in [2.45, 2.75) is 26.2 Å². The van der Waals surface area contributed by atoms with Gasteiger partial charge < -0.3 is 14.9 Å². The van der Waals surface area contributed by atoms with Gasteiger partial charge in [-0.3, -0.25) is 24.5 Å². The zero-order valence-electron chi connectivity index (χ0n) is 13.1. The van der Waals surface area contributed by atoms with Crippen LogP contribution in [0.15, 0.2) is 23.0 Å². The molecule has 10 nitrogen and oxygen atoms in total. The Morgan fingerprint density at radius 2 is 2.29 bits per heavy atom. The second-order valence-corrected chi connectivity index (χ2v) is 5.67. The molecule has 2 aromatic rings. The van der Waals surface area contributed by atoms with Gasteiger partial charge in [0.05, 0.1) is 0 Å². The molecular formula is C14H17N5O5. The molecule has 0 radical (unpaired) electrons. The largest absolute Gasteiger partial charge is 0.469 e. The number of aliphatic hydroxyl groups is 2. The Balaban J connectivity index is 2.00. The fraction of sp³-hybridized carbons (Fsp3) is 0.429. The molecule has 0 fully saturated rings. The van der Waals surface area contributed by atoms with E-state index in [2.05, 4.69) is 20.3 Å². The van der Waals surface area contributed by atoms with E-state index in [1.165, 1.54) is 17.0 Å². The molecule has 2 aromatic heterocycles. The van der Waals surface area contributed by atoms with Gasteiger partial charge in [-0.1, -0.05) is 13.8 Å². The molecular weight excluding hydrogens is 318 g/mol. The number of nitrogens with one attached hydrogen (secondary N) is 2. The van der Waals surface area contributed by atoms with Crippen molar-refractivity contribution >= 4 is 23.0 Å². The molecule has 0 aromatic carbocycles. The predicted octanol–water partition coefficient (Wildman–Crippen LogP) is -0.520. The number of rotatable bonds is 4. The normalized spacial score (nSPS) is 20.3. The molecule has 0 bridgehead atoms. The first-order chi connectivity index (χ1) is 11.4. The monoisotopic (exact) mass is 335 g/mol. The van der Waals surface area contributed by atoms with Crippen LogP contribution >= 0.6 is 0 Å². The minimum absolute atomic E-state index is 0.0178. The van der Waals surface area contributed by atoms with Gasteiger partial charge >= 0.3 is 0 Å². The number of nitrogens with zero attached hydrogens (tertiary/aromatic N) is 3. The quantitative estimate of drug-likeness (QED) is 0.589. The van der Waals surface area contributed by atoms with Crippen LogP contribution in [0, 0.1) is 5.92 Å². The molecule has 0 saturated carbocycles. The Bertz CT molecular complexity index is 868. The van der Waals surface area contributed by atoms with Gasteiger partial charge in [-0.2, -0.15) is 4.98 Å². The van der Waals surface area contributed by atoms with E-state index < -0.39 is 17.9 Å². The third-order valence-corrected chi connectivity index (χ3v) is 3.55. The van der Waals surface area contributed by atoms with Crippen LogP contribution in [0.5, 0.6) is 0 Å². The van der Waals surface area contributed by atoms with Crippen LogP contribution in [0.25, 0.3) is 11.2 Å². The van der Waals surface area contributed by atoms with Gasteiger partial charge in [-0.05, 0) is 6.08 Å². The van der Waals surface area contributed by atoms with Gasteiger partial charge in [0.25, 0.3) is 5.56 Å². The van der Waals surface area contributed by atoms with Gasteiger partial charge in [0, 0.05) is 5.92 Å². The molecule has 0 spiro atoms. The highest BCUT2D eigenvalue weighted by Crippen LogP contribution is 2.28. The van der Waals surface area contributed by atoms with Crippen molar-refractivity contribution in [1.29, 1.82) is 0 Å². The number of hydrogen-bond acceptors (Lipinski definition) is 7. The number of H-pyrrole nitrogens is 1. The van der Waals surface area contributed by atoms with E-state index in [4.69, 9.17) is 9.84 Å². The SMILES string of the molecule is CC(C)C(=O)Nc1nc2c(ncn2C2OC(CO)=CC2O)c(=O)[nH]1. The molecule has 1 aliphatic heterocycles. The van der Waals surface area contributed by atoms with E-state index in [1.807, 2.05) is 0 Å². The summed E-state index contributed by atoms with van der Waals surface area (Å²) in [7, 11) is 0. The number of aliphatic hydroxyl groups excluding tert-OH is 2. The molecule has 1 amide bonds. The fourth-order valence-corrected chi connectivity index (χ4v) is 2.28. The molecule has 0 saturated heterocycles. The number of carbonyl (C=O) groups is 1. The fourth-order valence-electron chi connectivity index (χ4n) is 2.28. The van der Waals surface area contributed by atoms with Crippen LogP contribution < -0.4 is 10.9 Å². The van der Waals surface area contributed by atoms with Crippen LogP contribution in [0.2, 0.25) is 0 Å². The van der Waals surface area contributed by atoms with Gasteiger partial charge in [-0.15, -0.1) is 0 Å². The average molecular weight is 335 g/mol. The first-order valence-electron chi connectivity index (χ1n) is 7.34. The second kappa shape index (κ2) is 6.06. The summed E-state index contributed by atoms with van der Waals surface area (Å²) in [5, 5.41) is 21.6. The molecule has 24 heavy (non-hydrogen) atoms. The maximum absolute atomic E-state index is 12.1. The summed E-state index contributed by atoms with van der Waals surface area (Å²) in [6.07, 6.45) is 0.744. The third kappa shape index (κ3) is 2.76. The van der Waals surface area contributed by atoms with Crippen molar-refractivity contribution < 1.29 is 19.7 Å². The maximum Gasteiger partial charge on any atom is 0.280 e. The highest BCUT2D eigenvalue weighted by molar-refractivity contribution is 5.91. The predicted molar refractivity (Wildman–Crippen MR) is 82.9 cm³/mol. The average Bonchev–Trinajstić information content (AvgIpc) is 3.10. The van der Waals surface area contributed by atoms with Crippen LogP contribution in [-0.2, 0) is 9.53 Å². The number of aromatic nitrogens is 4. The standard InChI is InChI=1S/C14H17N5O5/c1-6(2)11(22)17-14-16-10-9(12(23)18-14)15-5-19(10)13-8(21)3-7(4-20)24-13/h3,5-6,8,13,20-21H,4H2,1-2H3,(H2,16,17,18,22,23). The van der Waals surface area contributed by atoms with Crippen LogP contribution in [0.4, 0.5) is 5.95 Å². The van der Waals surface area contributed by atoms with E-state index >= 15 is 0 Å². The van der Waals surface area contributed by atoms with Crippen molar-refractivity contribution in [3.63, 3.8) is 0 Å². The molecule has 10 heteroatoms. The van der Waals surface area contributed by atoms with Crippen molar-refractivity contribution in [2.75, 3.05) is 11.9 Å². The Morgan fingerprint density at radius 3 is 2.92 bits per heavy atom. The minimum Gasteiger partial charge on any atom is -0.469 e. The summed E-state index contributed by atoms with van der Waals surface area (Å²) in [5.74, 6) is -0.388. The lowest BCUT2D eigenvalue weighted by atomic mass is 10.2. The number of amides is 1. The molecule has 4 N–H and O–H groups in total. The number of aromatic amines is 1. The summed E-state index contributed by atoms with van der Waals surface area (Å²) < 4.78 is 6.79. The molecule has 2 unspecified atom stereocenters. The first-order valence-corrected chi connectivity index (χ1v) is 7.34. The number of fused-ring (bicyclic) bond motifs is 1. The lowest BCUT2D eigenvalue weighted by Crippen LogP contribution is -2.23. The number of anilines is 1. The van der Waals surface area contributed by atoms with E-state index in [0.717, 1.165) is 0 Å². The Labute approximate surface area is 135 Å². The lowest BCUT2D eigenvalue weighted by molar-refractivity contribution is -0.118. The van der Waals surface area contributed by atoms with E-state index in [9.17, 15) is 14.7 Å². The van der Waals surface area contributed by atoms with Crippen LogP contribution in [0.1, 0.15) is 20.1 Å². The molecule has 3 heterocycles. The molecule has 0 aliphatic carbocycles. The third-order valence-electron chi connectivity index (χ3n) is 3.55. The highest BCUT2D eigenvalue weighted by Gasteiger charge is 2.30. The van der Waals surface area contributed by atoms with Crippen LogP contribution in [0.3, 0.4) is 0 Å². The number of carbonyl (C=O) groups excluding carboxylic acids is 1. The van der Waals surface area contributed by atoms with E-state index in [1.54, 1.807) is 13.8 Å². The zero-order valence-corrected chi connectivity index (χ0v) is 13.1. The van der Waals surface area contributed by atoms with E-state index in [-0.39, 0.29) is 41.3 Å². The van der Waals surface area contributed by atoms with Crippen molar-refractivity contribution in [3.8, 4) is 0 Å². The summed E-state index contributed by atoms with van der Waals surface area (Å²) in [5.41, 5.74) is -0.333. The molecule has 128 valence electrons. The van der Waals surface area contributed by atoms with Gasteiger partial charge in [0.2, 0.25) is 18.1 Å². The van der Waals surface area contributed by atoms with Crippen molar-refractivity contribution in [2.24, 2.45) is 5.92 Å². The summed E-state index contributed by atoms with van der Waals surface area (Å²) in [4.78, 5) is 34.5. The summed E-state index contributed by atoms with van der Waals surface area (Å²) >= 11 is 0. The van der Waals surface area contributed by atoms with Gasteiger partial charge in [-0.25, -0.2) is 4.98 Å². The molecule has 2 atom stereocenters.